The first-order valence-corrected chi connectivity index (χ1v) is 9.74. The lowest BCUT2D eigenvalue weighted by Gasteiger charge is -2.10. The van der Waals surface area contributed by atoms with Gasteiger partial charge in [0.15, 0.2) is 7.11 Å². The van der Waals surface area contributed by atoms with Crippen LogP contribution in [0.2, 0.25) is 0 Å². The van der Waals surface area contributed by atoms with Crippen LogP contribution in [0.4, 0.5) is 11.5 Å². The van der Waals surface area contributed by atoms with Crippen LogP contribution in [0.3, 0.4) is 0 Å². The fourth-order valence-electron chi connectivity index (χ4n) is 2.58. The lowest BCUT2D eigenvalue weighted by molar-refractivity contribution is -0.736. The summed E-state index contributed by atoms with van der Waals surface area (Å²) in [6.45, 7) is 4.10. The number of carbonyl (C=O) groups is 1. The van der Waals surface area contributed by atoms with Gasteiger partial charge in [-0.1, -0.05) is 32.0 Å². The van der Waals surface area contributed by atoms with Gasteiger partial charge in [-0.25, -0.2) is 9.82 Å². The van der Waals surface area contributed by atoms with Crippen molar-refractivity contribution in [1.29, 1.82) is 5.26 Å². The van der Waals surface area contributed by atoms with E-state index in [2.05, 4.69) is 21.2 Å². The van der Waals surface area contributed by atoms with Gasteiger partial charge in [0.25, 0.3) is 10.8 Å². The first-order valence-electron chi connectivity index (χ1n) is 9.74. The molecule has 3 aromatic rings. The Hall–Kier alpha value is -4.45. The number of aromatic hydroxyl groups is 1. The molecule has 0 saturated carbocycles. The number of nitrogens with one attached hydrogen (secondary N) is 1. The number of phenolic OH excluding ortho intramolecular Hbond substituents is 1. The summed E-state index contributed by atoms with van der Waals surface area (Å²) >= 11 is 0. The normalized spacial score (nSPS) is 9.56. The number of hydrogen-bond donors (Lipinski definition) is 2. The van der Waals surface area contributed by atoms with E-state index >= 15 is 0 Å². The van der Waals surface area contributed by atoms with Crippen molar-refractivity contribution < 1.29 is 24.4 Å². The Kier molecular flexibility index (Phi) is 8.68. The highest BCUT2D eigenvalue weighted by molar-refractivity contribution is 6.04. The second kappa shape index (κ2) is 11.7. The van der Waals surface area contributed by atoms with Gasteiger partial charge in [-0.2, -0.15) is 5.26 Å². The van der Waals surface area contributed by atoms with Gasteiger partial charge in [-0.15, -0.1) is 0 Å². The summed E-state index contributed by atoms with van der Waals surface area (Å²) in [6.07, 6.45) is 1.25. The number of hydrogen-bond acceptors (Lipinski definition) is 7. The quantitative estimate of drug-likeness (QED) is 0.524. The number of nitrogens with zero attached hydrogens (tertiary/aromatic N) is 3. The SMILES string of the molecule is CC.CO[N+](=O)c1ccc(NC(=O)c2cc(O)cc(OCc3ccccc3C#N)c2)nc1. The van der Waals surface area contributed by atoms with Crippen molar-refractivity contribution in [2.24, 2.45) is 0 Å². The van der Waals surface area contributed by atoms with E-state index in [1.165, 1.54) is 43.6 Å². The van der Waals surface area contributed by atoms with Crippen LogP contribution >= 0.6 is 0 Å². The lowest BCUT2D eigenvalue weighted by atomic mass is 10.1. The van der Waals surface area contributed by atoms with E-state index < -0.39 is 5.91 Å². The topological polar surface area (TPSA) is 125 Å². The number of amides is 1. The molecule has 1 heterocycles. The number of pyridine rings is 1. The molecule has 1 amide bonds. The minimum Gasteiger partial charge on any atom is -0.508 e. The highest BCUT2D eigenvalue weighted by Crippen LogP contribution is 2.24. The van der Waals surface area contributed by atoms with Crippen LogP contribution in [0, 0.1) is 16.2 Å². The van der Waals surface area contributed by atoms with Crippen molar-refractivity contribution >= 4 is 17.4 Å². The molecule has 9 heteroatoms. The van der Waals surface area contributed by atoms with Crippen LogP contribution in [0.1, 0.15) is 35.3 Å². The average molecular weight is 435 g/mol. The number of nitriles is 1. The fraction of sp³-hybridized carbons (Fsp3) is 0.174. The molecule has 0 fully saturated rings. The van der Waals surface area contributed by atoms with Crippen LogP contribution in [-0.2, 0) is 11.4 Å². The van der Waals surface area contributed by atoms with Gasteiger partial charge < -0.3 is 15.2 Å². The van der Waals surface area contributed by atoms with Gasteiger partial charge in [0.2, 0.25) is 0 Å². The molecule has 0 bridgehead atoms. The molecule has 0 saturated heterocycles. The lowest BCUT2D eigenvalue weighted by Crippen LogP contribution is -2.13. The summed E-state index contributed by atoms with van der Waals surface area (Å²) in [4.78, 5) is 32.6. The average Bonchev–Trinajstić information content (AvgIpc) is 2.83. The summed E-state index contributed by atoms with van der Waals surface area (Å²) in [5.41, 5.74) is 1.48. The highest BCUT2D eigenvalue weighted by Gasteiger charge is 2.16. The van der Waals surface area contributed by atoms with Crippen LogP contribution < -0.4 is 10.1 Å². The summed E-state index contributed by atoms with van der Waals surface area (Å²) in [5, 5.41) is 21.7. The van der Waals surface area contributed by atoms with Crippen molar-refractivity contribution in [1.82, 2.24) is 4.98 Å². The summed E-state index contributed by atoms with van der Waals surface area (Å²) in [6, 6.07) is 16.0. The Morgan fingerprint density at radius 3 is 2.59 bits per heavy atom. The van der Waals surface area contributed by atoms with Crippen LogP contribution in [0.5, 0.6) is 11.5 Å². The van der Waals surface area contributed by atoms with E-state index in [-0.39, 0.29) is 40.1 Å². The number of benzene rings is 2. The smallest absolute Gasteiger partial charge is 0.335 e. The number of anilines is 1. The van der Waals surface area contributed by atoms with Gasteiger partial charge >= 0.3 is 5.69 Å². The predicted octanol–water partition coefficient (Wildman–Crippen LogP) is 4.49. The summed E-state index contributed by atoms with van der Waals surface area (Å²) in [7, 11) is 1.23. The fourth-order valence-corrected chi connectivity index (χ4v) is 2.58. The van der Waals surface area contributed by atoms with Gasteiger partial charge in [0, 0.05) is 23.3 Å². The maximum absolute atomic E-state index is 12.5. The Bertz CT molecular complexity index is 1120. The van der Waals surface area contributed by atoms with Gasteiger partial charge in [0.1, 0.15) is 30.1 Å². The maximum Gasteiger partial charge on any atom is 0.335 e. The minimum absolute atomic E-state index is 0.0997. The van der Waals surface area contributed by atoms with E-state index in [0.29, 0.717) is 11.1 Å². The van der Waals surface area contributed by atoms with Crippen LogP contribution in [-0.4, -0.2) is 28.0 Å². The number of phenols is 1. The first kappa shape index (κ1) is 23.8. The molecule has 9 nitrogen and oxygen atoms in total. The van der Waals surface area contributed by atoms with Gasteiger partial charge in [-0.3, -0.25) is 4.79 Å². The van der Waals surface area contributed by atoms with Crippen LogP contribution in [0.15, 0.2) is 60.8 Å². The number of rotatable bonds is 7. The summed E-state index contributed by atoms with van der Waals surface area (Å²) < 4.78 is 5.65. The number of carbonyl (C=O) groups excluding carboxylic acids is 1. The molecule has 0 aliphatic carbocycles. The molecule has 0 radical (unpaired) electrons. The Morgan fingerprint density at radius 1 is 1.19 bits per heavy atom. The molecule has 32 heavy (non-hydrogen) atoms. The third-order valence-corrected chi connectivity index (χ3v) is 4.05. The van der Waals surface area contributed by atoms with E-state index in [9.17, 15) is 14.8 Å². The van der Waals surface area contributed by atoms with E-state index in [4.69, 9.17) is 10.00 Å². The Balaban J connectivity index is 0.00000176. The van der Waals surface area contributed by atoms with E-state index in [1.807, 2.05) is 13.8 Å². The molecule has 2 aromatic carbocycles. The molecular weight excluding hydrogens is 412 g/mol. The van der Waals surface area contributed by atoms with Crippen molar-refractivity contribution in [3.05, 3.63) is 82.4 Å². The van der Waals surface area contributed by atoms with Crippen molar-refractivity contribution in [2.75, 3.05) is 12.4 Å². The molecule has 1 aromatic heterocycles. The standard InChI is InChI=1S/C21H16N4O5.C2H6/c1-29-25(28)17-6-7-20(23-12-17)24-21(27)16-8-18(26)10-19(9-16)30-13-15-5-3-2-4-14(15)11-22;1-2/h2-10,12H,13H2,1H3,(H-,23,24,26,27,28);1-2H3/p+1. The molecule has 164 valence electrons. The molecule has 0 atom stereocenters. The monoisotopic (exact) mass is 435 g/mol. The molecule has 0 spiro atoms. The van der Waals surface area contributed by atoms with E-state index in [0.717, 1.165) is 0 Å². The number of ether oxygens (including phenoxy) is 1. The van der Waals surface area contributed by atoms with Gasteiger partial charge in [-0.05, 0) is 24.3 Å². The number of aromatic nitrogens is 1. The zero-order chi connectivity index (χ0) is 23.5. The third-order valence-electron chi connectivity index (χ3n) is 4.05. The van der Waals surface area contributed by atoms with Crippen molar-refractivity contribution in [3.8, 4) is 17.6 Å². The first-order chi connectivity index (χ1) is 15.5. The molecule has 3 rings (SSSR count). The zero-order valence-corrected chi connectivity index (χ0v) is 17.9. The summed E-state index contributed by atoms with van der Waals surface area (Å²) in [5.74, 6) is -0.212. The Morgan fingerprint density at radius 2 is 1.94 bits per heavy atom. The highest BCUT2D eigenvalue weighted by atomic mass is 16.8. The van der Waals surface area contributed by atoms with Crippen molar-refractivity contribution in [3.63, 3.8) is 0 Å². The molecule has 2 N–H and O–H groups in total. The zero-order valence-electron chi connectivity index (χ0n) is 17.9. The molecule has 0 aliphatic heterocycles. The largest absolute Gasteiger partial charge is 0.508 e. The third kappa shape index (κ3) is 6.27. The van der Waals surface area contributed by atoms with E-state index in [1.54, 1.807) is 24.3 Å². The second-order valence-electron chi connectivity index (χ2n) is 6.07. The van der Waals surface area contributed by atoms with Crippen LogP contribution in [0.25, 0.3) is 0 Å². The van der Waals surface area contributed by atoms with Gasteiger partial charge in [0.05, 0.1) is 16.5 Å². The molecule has 0 unspecified atom stereocenters. The Labute approximate surface area is 185 Å². The molecular formula is C23H23N4O5+. The maximum atomic E-state index is 12.5. The second-order valence-corrected chi connectivity index (χ2v) is 6.07. The van der Waals surface area contributed by atoms with Crippen molar-refractivity contribution in [2.45, 2.75) is 20.5 Å². The molecule has 0 aliphatic rings. The predicted molar refractivity (Wildman–Crippen MR) is 117 cm³/mol. The minimum atomic E-state index is -0.529.